The van der Waals surface area contributed by atoms with Gasteiger partial charge in [-0.05, 0) is 36.4 Å². The van der Waals surface area contributed by atoms with Gasteiger partial charge in [0.05, 0.1) is 10.0 Å². The summed E-state index contributed by atoms with van der Waals surface area (Å²) in [6.07, 6.45) is 0. The third kappa shape index (κ3) is 6.43. The molecule has 0 radical (unpaired) electrons. The zero-order valence-electron chi connectivity index (χ0n) is 16.8. The van der Waals surface area contributed by atoms with E-state index in [1.165, 1.54) is 18.2 Å². The summed E-state index contributed by atoms with van der Waals surface area (Å²) in [5.41, 5.74) is 0.431. The average molecular weight is 472 g/mol. The molecule has 2 aromatic rings. The number of nitrogens with one attached hydrogen (secondary N) is 3. The Kier molecular flexibility index (Phi) is 7.87. The summed E-state index contributed by atoms with van der Waals surface area (Å²) in [6.45, 7) is 5.45. The maximum Gasteiger partial charge on any atom is 0.251 e. The molecule has 0 aliphatic rings. The first-order chi connectivity index (χ1) is 13.9. The lowest BCUT2D eigenvalue weighted by molar-refractivity contribution is -0.123. The molecular formula is C20H23Cl2N3O4S. The lowest BCUT2D eigenvalue weighted by Crippen LogP contribution is -2.34. The van der Waals surface area contributed by atoms with Gasteiger partial charge < -0.3 is 10.6 Å². The third-order valence-electron chi connectivity index (χ3n) is 3.99. The molecular weight excluding hydrogens is 449 g/mol. The summed E-state index contributed by atoms with van der Waals surface area (Å²) in [5, 5.41) is 5.47. The SMILES string of the molecule is CC(C)(C)C(=O)Nc1ccc(C(=O)NCCNS(=O)(=O)c2cccc(Cl)c2Cl)cc1. The van der Waals surface area contributed by atoms with E-state index in [2.05, 4.69) is 15.4 Å². The molecule has 2 aromatic carbocycles. The van der Waals surface area contributed by atoms with E-state index in [-0.39, 0.29) is 39.8 Å². The van der Waals surface area contributed by atoms with Crippen molar-refractivity contribution in [2.75, 3.05) is 18.4 Å². The smallest absolute Gasteiger partial charge is 0.251 e. The fraction of sp³-hybridized carbons (Fsp3) is 0.300. The van der Waals surface area contributed by atoms with Gasteiger partial charge in [-0.25, -0.2) is 13.1 Å². The van der Waals surface area contributed by atoms with Crippen LogP contribution in [0.15, 0.2) is 47.4 Å². The number of anilines is 1. The predicted molar refractivity (Wildman–Crippen MR) is 119 cm³/mol. The number of halogens is 2. The van der Waals surface area contributed by atoms with E-state index in [1.807, 2.05) is 0 Å². The van der Waals surface area contributed by atoms with E-state index in [0.717, 1.165) is 0 Å². The van der Waals surface area contributed by atoms with Crippen LogP contribution in [0.2, 0.25) is 10.0 Å². The second-order valence-electron chi connectivity index (χ2n) is 7.49. The normalized spacial score (nSPS) is 11.8. The van der Waals surface area contributed by atoms with E-state index in [4.69, 9.17) is 23.2 Å². The summed E-state index contributed by atoms with van der Waals surface area (Å²) in [6, 6.07) is 10.7. The van der Waals surface area contributed by atoms with E-state index in [1.54, 1.807) is 45.0 Å². The average Bonchev–Trinajstić information content (AvgIpc) is 2.67. The zero-order valence-corrected chi connectivity index (χ0v) is 19.1. The molecule has 10 heteroatoms. The molecule has 0 heterocycles. The van der Waals surface area contributed by atoms with Crippen molar-refractivity contribution in [1.29, 1.82) is 0 Å². The highest BCUT2D eigenvalue weighted by atomic mass is 35.5. The van der Waals surface area contributed by atoms with Crippen molar-refractivity contribution in [2.45, 2.75) is 25.7 Å². The standard InChI is InChI=1S/C20H23Cl2N3O4S/c1-20(2,3)19(27)25-14-9-7-13(8-10-14)18(26)23-11-12-24-30(28,29)16-6-4-5-15(21)17(16)22/h4-10,24H,11-12H2,1-3H3,(H,23,26)(H,25,27). The van der Waals surface area contributed by atoms with Crippen LogP contribution in [0, 0.1) is 5.41 Å². The van der Waals surface area contributed by atoms with E-state index >= 15 is 0 Å². The van der Waals surface area contributed by atoms with Gasteiger partial charge >= 0.3 is 0 Å². The molecule has 0 saturated heterocycles. The first-order valence-electron chi connectivity index (χ1n) is 9.05. The molecule has 162 valence electrons. The number of hydrogen-bond donors (Lipinski definition) is 3. The summed E-state index contributed by atoms with van der Waals surface area (Å²) >= 11 is 11.8. The van der Waals surface area contributed by atoms with Crippen LogP contribution < -0.4 is 15.4 Å². The Morgan fingerprint density at radius 2 is 1.60 bits per heavy atom. The highest BCUT2D eigenvalue weighted by molar-refractivity contribution is 7.89. The van der Waals surface area contributed by atoms with Gasteiger partial charge in [-0.1, -0.05) is 50.0 Å². The fourth-order valence-corrected chi connectivity index (χ4v) is 4.05. The molecule has 0 spiro atoms. The van der Waals surface area contributed by atoms with Crippen LogP contribution in [-0.2, 0) is 14.8 Å². The van der Waals surface area contributed by atoms with Gasteiger partial charge in [-0.3, -0.25) is 9.59 Å². The number of carbonyl (C=O) groups excluding carboxylic acids is 2. The Bertz CT molecular complexity index is 1030. The van der Waals surface area contributed by atoms with Gasteiger partial charge in [0.1, 0.15) is 4.90 Å². The van der Waals surface area contributed by atoms with Crippen LogP contribution in [0.3, 0.4) is 0 Å². The molecule has 2 rings (SSSR count). The molecule has 0 saturated carbocycles. The van der Waals surface area contributed by atoms with Crippen molar-refractivity contribution in [3.05, 3.63) is 58.1 Å². The van der Waals surface area contributed by atoms with Gasteiger partial charge in [-0.15, -0.1) is 0 Å². The number of sulfonamides is 1. The second kappa shape index (κ2) is 9.78. The van der Waals surface area contributed by atoms with Crippen LogP contribution >= 0.6 is 23.2 Å². The summed E-state index contributed by atoms with van der Waals surface area (Å²) < 4.78 is 27.0. The number of rotatable bonds is 7. The largest absolute Gasteiger partial charge is 0.351 e. The lowest BCUT2D eigenvalue weighted by Gasteiger charge is -2.17. The number of hydrogen-bond acceptors (Lipinski definition) is 4. The number of benzene rings is 2. The van der Waals surface area contributed by atoms with Crippen molar-refractivity contribution in [3.63, 3.8) is 0 Å². The molecule has 3 N–H and O–H groups in total. The highest BCUT2D eigenvalue weighted by Crippen LogP contribution is 2.28. The zero-order chi connectivity index (χ0) is 22.5. The molecule has 2 amide bonds. The van der Waals surface area contributed by atoms with Gasteiger partial charge in [0, 0.05) is 29.8 Å². The monoisotopic (exact) mass is 471 g/mol. The molecule has 0 atom stereocenters. The molecule has 0 unspecified atom stereocenters. The Balaban J connectivity index is 1.87. The van der Waals surface area contributed by atoms with Crippen molar-refractivity contribution >= 4 is 50.7 Å². The second-order valence-corrected chi connectivity index (χ2v) is 10.0. The molecule has 0 aliphatic carbocycles. The Hall–Kier alpha value is -2.13. The molecule has 0 bridgehead atoms. The van der Waals surface area contributed by atoms with Crippen molar-refractivity contribution < 1.29 is 18.0 Å². The van der Waals surface area contributed by atoms with Gasteiger partial charge in [0.2, 0.25) is 15.9 Å². The number of carbonyl (C=O) groups is 2. The van der Waals surface area contributed by atoms with E-state index in [9.17, 15) is 18.0 Å². The van der Waals surface area contributed by atoms with Crippen molar-refractivity contribution in [3.8, 4) is 0 Å². The minimum absolute atomic E-state index is 0.0311. The quantitative estimate of drug-likeness (QED) is 0.535. The van der Waals surface area contributed by atoms with Crippen molar-refractivity contribution in [1.82, 2.24) is 10.0 Å². The van der Waals surface area contributed by atoms with Crippen LogP contribution in [0.25, 0.3) is 0 Å². The lowest BCUT2D eigenvalue weighted by atomic mass is 9.95. The molecule has 30 heavy (non-hydrogen) atoms. The number of amides is 2. The molecule has 0 aliphatic heterocycles. The van der Waals surface area contributed by atoms with Gasteiger partial charge in [0.15, 0.2) is 0 Å². The topological polar surface area (TPSA) is 104 Å². The van der Waals surface area contributed by atoms with Crippen LogP contribution in [0.4, 0.5) is 5.69 Å². The molecule has 0 fully saturated rings. The van der Waals surface area contributed by atoms with E-state index < -0.39 is 15.4 Å². The highest BCUT2D eigenvalue weighted by Gasteiger charge is 2.21. The van der Waals surface area contributed by atoms with Crippen LogP contribution in [0.5, 0.6) is 0 Å². The van der Waals surface area contributed by atoms with Crippen LogP contribution in [-0.4, -0.2) is 33.3 Å². The third-order valence-corrected chi connectivity index (χ3v) is 6.43. The van der Waals surface area contributed by atoms with Gasteiger partial charge in [-0.2, -0.15) is 0 Å². The Morgan fingerprint density at radius 1 is 0.967 bits per heavy atom. The van der Waals surface area contributed by atoms with Gasteiger partial charge in [0.25, 0.3) is 5.91 Å². The maximum absolute atomic E-state index is 12.3. The molecule has 0 aromatic heterocycles. The Morgan fingerprint density at radius 3 is 2.20 bits per heavy atom. The maximum atomic E-state index is 12.3. The predicted octanol–water partition coefficient (Wildman–Crippen LogP) is 3.69. The first-order valence-corrected chi connectivity index (χ1v) is 11.3. The minimum Gasteiger partial charge on any atom is -0.351 e. The fourth-order valence-electron chi connectivity index (χ4n) is 2.26. The molecule has 7 nitrogen and oxygen atoms in total. The minimum atomic E-state index is -3.86. The summed E-state index contributed by atoms with van der Waals surface area (Å²) in [7, 11) is -3.86. The first kappa shape index (κ1) is 24.1. The van der Waals surface area contributed by atoms with E-state index in [0.29, 0.717) is 11.3 Å². The van der Waals surface area contributed by atoms with Crippen molar-refractivity contribution in [2.24, 2.45) is 5.41 Å². The summed E-state index contributed by atoms with van der Waals surface area (Å²) in [5.74, 6) is -0.504. The Labute approximate surface area is 186 Å². The summed E-state index contributed by atoms with van der Waals surface area (Å²) in [4.78, 5) is 24.1. The van der Waals surface area contributed by atoms with Crippen LogP contribution in [0.1, 0.15) is 31.1 Å².